The molecule has 62 heavy (non-hydrogen) atoms. The minimum absolute atomic E-state index is 0.126. The average molecular weight is 796 g/mol. The summed E-state index contributed by atoms with van der Waals surface area (Å²) < 4.78 is 4.81. The van der Waals surface area contributed by atoms with E-state index in [1.807, 2.05) is 6.07 Å². The van der Waals surface area contributed by atoms with Crippen LogP contribution in [-0.2, 0) is 0 Å². The Kier molecular flexibility index (Phi) is 8.70. The molecule has 0 spiro atoms. The van der Waals surface area contributed by atoms with Gasteiger partial charge in [0.1, 0.15) is 0 Å². The van der Waals surface area contributed by atoms with E-state index in [2.05, 4.69) is 209 Å². The fraction of sp³-hybridized carbons (Fsp3) is 0.0702. The highest BCUT2D eigenvalue weighted by Gasteiger charge is 2.27. The van der Waals surface area contributed by atoms with Crippen molar-refractivity contribution in [2.24, 2.45) is 0 Å². The molecule has 0 saturated carbocycles. The molecule has 0 fully saturated rings. The van der Waals surface area contributed by atoms with E-state index in [1.54, 1.807) is 0 Å². The van der Waals surface area contributed by atoms with Gasteiger partial charge in [-0.05, 0) is 72.4 Å². The summed E-state index contributed by atoms with van der Waals surface area (Å²) in [5, 5.41) is 4.83. The molecule has 0 radical (unpaired) electrons. The van der Waals surface area contributed by atoms with Crippen molar-refractivity contribution in [1.82, 2.24) is 24.1 Å². The molecule has 1 unspecified atom stereocenters. The summed E-state index contributed by atoms with van der Waals surface area (Å²) in [7, 11) is 0. The predicted molar refractivity (Wildman–Crippen MR) is 257 cm³/mol. The van der Waals surface area contributed by atoms with Gasteiger partial charge in [0.2, 0.25) is 0 Å². The van der Waals surface area contributed by atoms with Crippen molar-refractivity contribution < 1.29 is 0 Å². The predicted octanol–water partition coefficient (Wildman–Crippen LogP) is 14.4. The Bertz CT molecular complexity index is 3400. The molecular formula is C57H41N5. The van der Waals surface area contributed by atoms with Gasteiger partial charge in [-0.3, -0.25) is 0 Å². The van der Waals surface area contributed by atoms with Crippen LogP contribution >= 0.6 is 0 Å². The molecule has 1 atom stereocenters. The van der Waals surface area contributed by atoms with E-state index in [4.69, 9.17) is 15.0 Å². The molecule has 0 amide bonds. The van der Waals surface area contributed by atoms with Crippen molar-refractivity contribution in [1.29, 1.82) is 0 Å². The third kappa shape index (κ3) is 5.88. The quantitative estimate of drug-likeness (QED) is 0.161. The van der Waals surface area contributed by atoms with Crippen LogP contribution in [0.5, 0.6) is 0 Å². The Balaban J connectivity index is 1.21. The molecule has 3 heterocycles. The number of benzene rings is 7. The zero-order chi connectivity index (χ0) is 41.0. The van der Waals surface area contributed by atoms with Crippen molar-refractivity contribution in [3.8, 4) is 45.5 Å². The number of para-hydroxylation sites is 4. The Morgan fingerprint density at radius 2 is 0.968 bits per heavy atom. The molecule has 12 rings (SSSR count). The standard InChI is InChI=1S/C57H41N5/c1-4-20-38(21-5-1)41-30-18-36-51(61-47-32-14-10-26-43(47)44-27-11-15-33-48(44)61)53(41)56-58-55(40-24-8-3-9-25-40)59-57(60-56)54-42(39-22-6-2-7-23-39)31-19-37-52(54)62-49-34-16-12-28-45(49)46-29-13-17-35-50(46)62/h1,3-6,8-20,22-38H,2,7,21H2. The molecule has 2 aliphatic carbocycles. The molecule has 7 aromatic carbocycles. The highest BCUT2D eigenvalue weighted by atomic mass is 15.1. The fourth-order valence-corrected chi connectivity index (χ4v) is 9.80. The molecule has 0 bridgehead atoms. The lowest BCUT2D eigenvalue weighted by Gasteiger charge is -2.23. The number of rotatable bonds is 7. The Hall–Kier alpha value is -7.89. The van der Waals surface area contributed by atoms with Crippen molar-refractivity contribution in [3.63, 3.8) is 0 Å². The maximum absolute atomic E-state index is 5.73. The van der Waals surface area contributed by atoms with Gasteiger partial charge in [0.25, 0.3) is 0 Å². The van der Waals surface area contributed by atoms with Gasteiger partial charge in [-0.25, -0.2) is 15.0 Å². The summed E-state index contributed by atoms with van der Waals surface area (Å²) in [4.78, 5) is 16.7. The van der Waals surface area contributed by atoms with Crippen LogP contribution in [0, 0.1) is 0 Å². The SMILES string of the molecule is C1=CCC(c2cccc(-n3c4ccccc4c4ccccc43)c2-c2nc(-c3ccccc3)nc(-c3c(C4=CCCC=C4)cccc3-n3c4ccccc4c4ccccc43)n2)C=C1. The minimum Gasteiger partial charge on any atom is -0.308 e. The monoisotopic (exact) mass is 795 g/mol. The fourth-order valence-electron chi connectivity index (χ4n) is 9.80. The third-order valence-electron chi connectivity index (χ3n) is 12.6. The maximum Gasteiger partial charge on any atom is 0.166 e. The normalized spacial score (nSPS) is 15.0. The molecular weight excluding hydrogens is 755 g/mol. The van der Waals surface area contributed by atoms with E-state index < -0.39 is 0 Å². The van der Waals surface area contributed by atoms with Crippen LogP contribution in [-0.4, -0.2) is 24.1 Å². The summed E-state index contributed by atoms with van der Waals surface area (Å²) in [6.07, 6.45) is 18.6. The zero-order valence-corrected chi connectivity index (χ0v) is 34.1. The third-order valence-corrected chi connectivity index (χ3v) is 12.6. The Labute approximate surface area is 360 Å². The lowest BCUT2D eigenvalue weighted by Crippen LogP contribution is -2.10. The van der Waals surface area contributed by atoms with Gasteiger partial charge in [0.05, 0.1) is 39.0 Å². The molecule has 2 aliphatic rings. The first-order valence-electron chi connectivity index (χ1n) is 21.6. The number of fused-ring (bicyclic) bond motifs is 6. The highest BCUT2D eigenvalue weighted by molar-refractivity contribution is 6.11. The first-order chi connectivity index (χ1) is 30.8. The molecule has 0 N–H and O–H groups in total. The lowest BCUT2D eigenvalue weighted by atomic mass is 9.87. The van der Waals surface area contributed by atoms with E-state index >= 15 is 0 Å². The highest BCUT2D eigenvalue weighted by Crippen LogP contribution is 2.44. The summed E-state index contributed by atoms with van der Waals surface area (Å²) in [6.45, 7) is 0. The van der Waals surface area contributed by atoms with E-state index in [-0.39, 0.29) is 5.92 Å². The van der Waals surface area contributed by atoms with Gasteiger partial charge in [0.15, 0.2) is 17.5 Å². The minimum atomic E-state index is 0.126. The number of hydrogen-bond acceptors (Lipinski definition) is 3. The van der Waals surface area contributed by atoms with Crippen molar-refractivity contribution in [3.05, 3.63) is 217 Å². The van der Waals surface area contributed by atoms with Crippen LogP contribution in [0.15, 0.2) is 206 Å². The van der Waals surface area contributed by atoms with E-state index in [9.17, 15) is 0 Å². The Morgan fingerprint density at radius 1 is 0.435 bits per heavy atom. The van der Waals surface area contributed by atoms with E-state index in [0.29, 0.717) is 17.5 Å². The van der Waals surface area contributed by atoms with Gasteiger partial charge in [0, 0.05) is 38.6 Å². The van der Waals surface area contributed by atoms with Crippen LogP contribution in [0.4, 0.5) is 0 Å². The van der Waals surface area contributed by atoms with E-state index in [0.717, 1.165) is 75.0 Å². The van der Waals surface area contributed by atoms with Gasteiger partial charge in [-0.2, -0.15) is 0 Å². The second kappa shape index (κ2) is 15.0. The summed E-state index contributed by atoms with van der Waals surface area (Å²) in [6, 6.07) is 58.5. The summed E-state index contributed by atoms with van der Waals surface area (Å²) >= 11 is 0. The zero-order valence-electron chi connectivity index (χ0n) is 34.1. The topological polar surface area (TPSA) is 48.5 Å². The van der Waals surface area contributed by atoms with Crippen molar-refractivity contribution >= 4 is 49.2 Å². The first-order valence-corrected chi connectivity index (χ1v) is 21.6. The van der Waals surface area contributed by atoms with Gasteiger partial charge < -0.3 is 9.13 Å². The van der Waals surface area contributed by atoms with Crippen molar-refractivity contribution in [2.45, 2.75) is 25.2 Å². The molecule has 3 aromatic heterocycles. The number of nitrogens with zero attached hydrogens (tertiary/aromatic N) is 5. The van der Waals surface area contributed by atoms with Crippen LogP contribution in [0.2, 0.25) is 0 Å². The van der Waals surface area contributed by atoms with Crippen molar-refractivity contribution in [2.75, 3.05) is 0 Å². The van der Waals surface area contributed by atoms with Crippen LogP contribution < -0.4 is 0 Å². The van der Waals surface area contributed by atoms with Gasteiger partial charge >= 0.3 is 0 Å². The molecule has 0 aliphatic heterocycles. The number of aromatic nitrogens is 5. The second-order valence-electron chi connectivity index (χ2n) is 16.1. The van der Waals surface area contributed by atoms with Crippen LogP contribution in [0.25, 0.3) is 94.7 Å². The largest absolute Gasteiger partial charge is 0.308 e. The van der Waals surface area contributed by atoms with Gasteiger partial charge in [-0.1, -0.05) is 170 Å². The summed E-state index contributed by atoms with van der Waals surface area (Å²) in [5.74, 6) is 2.02. The maximum atomic E-state index is 5.73. The lowest BCUT2D eigenvalue weighted by molar-refractivity contribution is 0.851. The van der Waals surface area contributed by atoms with Crippen LogP contribution in [0.3, 0.4) is 0 Å². The molecule has 5 heteroatoms. The smallest absolute Gasteiger partial charge is 0.166 e. The molecule has 10 aromatic rings. The summed E-state index contributed by atoms with van der Waals surface area (Å²) in [5.41, 5.74) is 12.9. The van der Waals surface area contributed by atoms with Crippen LogP contribution in [0.1, 0.15) is 36.3 Å². The second-order valence-corrected chi connectivity index (χ2v) is 16.1. The molecule has 0 saturated heterocycles. The number of allylic oxidation sites excluding steroid dienone is 8. The first kappa shape index (κ1) is 36.0. The van der Waals surface area contributed by atoms with Gasteiger partial charge in [-0.15, -0.1) is 0 Å². The van der Waals surface area contributed by atoms with E-state index in [1.165, 1.54) is 32.7 Å². The molecule has 294 valence electrons. The molecule has 5 nitrogen and oxygen atoms in total. The number of hydrogen-bond donors (Lipinski definition) is 0. The average Bonchev–Trinajstić information content (AvgIpc) is 3.87. The Morgan fingerprint density at radius 3 is 1.53 bits per heavy atom.